The van der Waals surface area contributed by atoms with Gasteiger partial charge in [-0.05, 0) is 54.7 Å². The Bertz CT molecular complexity index is 1030. The minimum absolute atomic E-state index is 0.0484. The summed E-state index contributed by atoms with van der Waals surface area (Å²) in [7, 11) is 3.44. The monoisotopic (exact) mass is 403 g/mol. The number of ether oxygens (including phenoxy) is 3. The molecule has 3 aromatic carbocycles. The molecule has 0 aromatic heterocycles. The molecule has 4 rings (SSSR count). The lowest BCUT2D eigenvalue weighted by Gasteiger charge is -2.30. The molecule has 1 unspecified atom stereocenters. The second-order valence-corrected chi connectivity index (χ2v) is 7.82. The second kappa shape index (κ2) is 8.80. The number of hydrogen-bond acceptors (Lipinski definition) is 4. The molecule has 0 radical (unpaired) electrons. The Hall–Kier alpha value is -2.98. The maximum atomic E-state index is 6.18. The topological polar surface area (TPSA) is 39.7 Å². The molecular weight excluding hydrogens is 374 g/mol. The molecule has 1 aliphatic heterocycles. The third kappa shape index (κ3) is 4.01. The summed E-state index contributed by atoms with van der Waals surface area (Å²) in [6, 6.07) is 18.9. The molecule has 30 heavy (non-hydrogen) atoms. The van der Waals surface area contributed by atoms with E-state index in [0.29, 0.717) is 6.61 Å². The average molecular weight is 404 g/mol. The fourth-order valence-corrected chi connectivity index (χ4v) is 4.33. The first-order valence-corrected chi connectivity index (χ1v) is 10.4. The molecule has 0 spiro atoms. The molecule has 4 nitrogen and oxygen atoms in total. The standard InChI is InChI=1S/C26H29NO3/c1-17-12-18(2)26(29-4)22(13-17)25-21-15-24(30-16-19-8-6-5-7-9-19)23(28-3)14-20(21)10-11-27-25/h5-9,12-15,25,27H,10-11,16H2,1-4H3. The number of aryl methyl sites for hydroxylation is 2. The summed E-state index contributed by atoms with van der Waals surface area (Å²) in [5, 5.41) is 3.68. The van der Waals surface area contributed by atoms with E-state index in [2.05, 4.69) is 55.6 Å². The highest BCUT2D eigenvalue weighted by Crippen LogP contribution is 2.41. The third-order valence-electron chi connectivity index (χ3n) is 5.68. The molecule has 1 heterocycles. The maximum absolute atomic E-state index is 6.18. The van der Waals surface area contributed by atoms with Gasteiger partial charge in [0.1, 0.15) is 12.4 Å². The first-order valence-electron chi connectivity index (χ1n) is 10.4. The lowest BCUT2D eigenvalue weighted by atomic mass is 9.87. The van der Waals surface area contributed by atoms with Gasteiger partial charge in [-0.25, -0.2) is 0 Å². The summed E-state index contributed by atoms with van der Waals surface area (Å²) in [5.74, 6) is 2.48. The Balaban J connectivity index is 1.74. The van der Waals surface area contributed by atoms with Crippen LogP contribution in [0.1, 0.15) is 39.4 Å². The first-order chi connectivity index (χ1) is 14.6. The van der Waals surface area contributed by atoms with Crippen molar-refractivity contribution in [1.82, 2.24) is 5.32 Å². The van der Waals surface area contributed by atoms with Gasteiger partial charge < -0.3 is 19.5 Å². The Morgan fingerprint density at radius 1 is 0.900 bits per heavy atom. The van der Waals surface area contributed by atoms with Crippen molar-refractivity contribution in [2.75, 3.05) is 20.8 Å². The predicted octanol–water partition coefficient (Wildman–Crippen LogP) is 5.13. The smallest absolute Gasteiger partial charge is 0.162 e. The van der Waals surface area contributed by atoms with Gasteiger partial charge in [-0.3, -0.25) is 0 Å². The molecule has 0 saturated carbocycles. The predicted molar refractivity (Wildman–Crippen MR) is 120 cm³/mol. The van der Waals surface area contributed by atoms with E-state index in [9.17, 15) is 0 Å². The first kappa shape index (κ1) is 20.3. The van der Waals surface area contributed by atoms with Gasteiger partial charge in [0.05, 0.1) is 20.3 Å². The molecule has 0 amide bonds. The van der Waals surface area contributed by atoms with Gasteiger partial charge in [0.25, 0.3) is 0 Å². The van der Waals surface area contributed by atoms with Crippen LogP contribution in [0.5, 0.6) is 17.2 Å². The Morgan fingerprint density at radius 2 is 1.70 bits per heavy atom. The summed E-state index contributed by atoms with van der Waals surface area (Å²) in [6.07, 6.45) is 0.953. The van der Waals surface area contributed by atoms with E-state index in [-0.39, 0.29) is 6.04 Å². The van der Waals surface area contributed by atoms with E-state index < -0.39 is 0 Å². The fourth-order valence-electron chi connectivity index (χ4n) is 4.33. The number of nitrogens with one attached hydrogen (secondary N) is 1. The Labute approximate surface area is 178 Å². The number of rotatable bonds is 6. The molecule has 0 bridgehead atoms. The molecule has 1 atom stereocenters. The molecule has 156 valence electrons. The molecular formula is C26H29NO3. The van der Waals surface area contributed by atoms with Gasteiger partial charge in [-0.2, -0.15) is 0 Å². The molecule has 1 N–H and O–H groups in total. The van der Waals surface area contributed by atoms with E-state index in [1.54, 1.807) is 14.2 Å². The molecule has 0 aliphatic carbocycles. The molecule has 0 saturated heterocycles. The molecule has 3 aromatic rings. The second-order valence-electron chi connectivity index (χ2n) is 7.82. The van der Waals surface area contributed by atoms with Crippen molar-refractivity contribution >= 4 is 0 Å². The minimum Gasteiger partial charge on any atom is -0.496 e. The van der Waals surface area contributed by atoms with Crippen molar-refractivity contribution in [3.63, 3.8) is 0 Å². The van der Waals surface area contributed by atoms with E-state index >= 15 is 0 Å². The zero-order valence-electron chi connectivity index (χ0n) is 18.1. The van der Waals surface area contributed by atoms with Crippen molar-refractivity contribution in [3.05, 3.63) is 88.0 Å². The van der Waals surface area contributed by atoms with Crippen LogP contribution in [0, 0.1) is 13.8 Å². The highest BCUT2D eigenvalue weighted by molar-refractivity contribution is 5.55. The van der Waals surface area contributed by atoms with Crippen LogP contribution in [0.4, 0.5) is 0 Å². The van der Waals surface area contributed by atoms with E-state index in [4.69, 9.17) is 14.2 Å². The Morgan fingerprint density at radius 3 is 2.43 bits per heavy atom. The van der Waals surface area contributed by atoms with Gasteiger partial charge in [0, 0.05) is 12.1 Å². The van der Waals surface area contributed by atoms with Crippen LogP contribution >= 0.6 is 0 Å². The van der Waals surface area contributed by atoms with Gasteiger partial charge >= 0.3 is 0 Å². The summed E-state index contributed by atoms with van der Waals surface area (Å²) < 4.78 is 17.6. The average Bonchev–Trinajstić information content (AvgIpc) is 2.76. The minimum atomic E-state index is 0.0484. The van der Waals surface area contributed by atoms with Crippen LogP contribution in [0.15, 0.2) is 54.6 Å². The van der Waals surface area contributed by atoms with Gasteiger partial charge in [0.2, 0.25) is 0 Å². The quantitative estimate of drug-likeness (QED) is 0.619. The lowest BCUT2D eigenvalue weighted by molar-refractivity contribution is 0.283. The van der Waals surface area contributed by atoms with Crippen LogP contribution in [0.2, 0.25) is 0 Å². The normalized spacial score (nSPS) is 15.4. The van der Waals surface area contributed by atoms with Crippen LogP contribution in [-0.2, 0) is 13.0 Å². The fraction of sp³-hybridized carbons (Fsp3) is 0.308. The number of hydrogen-bond donors (Lipinski definition) is 1. The number of benzene rings is 3. The van der Waals surface area contributed by atoms with Crippen LogP contribution in [0.3, 0.4) is 0 Å². The summed E-state index contributed by atoms with van der Waals surface area (Å²) in [6.45, 7) is 5.63. The molecule has 0 fully saturated rings. The van der Waals surface area contributed by atoms with Gasteiger partial charge in [-0.1, -0.05) is 48.0 Å². The maximum Gasteiger partial charge on any atom is 0.162 e. The third-order valence-corrected chi connectivity index (χ3v) is 5.68. The van der Waals surface area contributed by atoms with Crippen LogP contribution in [0.25, 0.3) is 0 Å². The highest BCUT2D eigenvalue weighted by Gasteiger charge is 2.27. The SMILES string of the molecule is COc1cc2c(cc1OCc1ccccc1)C(c1cc(C)cc(C)c1OC)NCC2. The summed E-state index contributed by atoms with van der Waals surface area (Å²) in [4.78, 5) is 0. The molecule has 4 heteroatoms. The van der Waals surface area contributed by atoms with Crippen LogP contribution in [-0.4, -0.2) is 20.8 Å². The summed E-state index contributed by atoms with van der Waals surface area (Å²) in [5.41, 5.74) is 7.16. The molecule has 1 aliphatic rings. The van der Waals surface area contributed by atoms with Crippen molar-refractivity contribution in [1.29, 1.82) is 0 Å². The van der Waals surface area contributed by atoms with E-state index in [1.165, 1.54) is 16.7 Å². The number of fused-ring (bicyclic) bond motifs is 1. The largest absolute Gasteiger partial charge is 0.496 e. The van der Waals surface area contributed by atoms with E-state index in [1.807, 2.05) is 18.2 Å². The highest BCUT2D eigenvalue weighted by atomic mass is 16.5. The van der Waals surface area contributed by atoms with Crippen molar-refractivity contribution < 1.29 is 14.2 Å². The van der Waals surface area contributed by atoms with Gasteiger partial charge in [-0.15, -0.1) is 0 Å². The van der Waals surface area contributed by atoms with E-state index in [0.717, 1.165) is 46.9 Å². The Kier molecular flexibility index (Phi) is 5.96. The zero-order chi connectivity index (χ0) is 21.1. The van der Waals surface area contributed by atoms with Crippen LogP contribution < -0.4 is 19.5 Å². The van der Waals surface area contributed by atoms with Gasteiger partial charge in [0.15, 0.2) is 11.5 Å². The van der Waals surface area contributed by atoms with Crippen molar-refractivity contribution in [2.24, 2.45) is 0 Å². The zero-order valence-corrected chi connectivity index (χ0v) is 18.1. The van der Waals surface area contributed by atoms with Crippen molar-refractivity contribution in [2.45, 2.75) is 32.9 Å². The number of methoxy groups -OCH3 is 2. The summed E-state index contributed by atoms with van der Waals surface area (Å²) >= 11 is 0. The van der Waals surface area contributed by atoms with Crippen molar-refractivity contribution in [3.8, 4) is 17.2 Å². The lowest BCUT2D eigenvalue weighted by Crippen LogP contribution is -2.31.